The molecule has 0 fully saturated rings. The van der Waals surface area contributed by atoms with Gasteiger partial charge in [-0.05, 0) is 32.1 Å². The lowest BCUT2D eigenvalue weighted by atomic mass is 10.1. The van der Waals surface area contributed by atoms with Crippen LogP contribution in [0, 0.1) is 0 Å². The van der Waals surface area contributed by atoms with Gasteiger partial charge in [0.2, 0.25) is 0 Å². The van der Waals surface area contributed by atoms with Crippen LogP contribution in [-0.4, -0.2) is 48.4 Å². The zero-order chi connectivity index (χ0) is 19.6. The van der Waals surface area contributed by atoms with E-state index in [2.05, 4.69) is 23.8 Å². The summed E-state index contributed by atoms with van der Waals surface area (Å²) < 4.78 is 4.63. The molecule has 0 aliphatic heterocycles. The molecule has 0 saturated heterocycles. The van der Waals surface area contributed by atoms with Crippen molar-refractivity contribution >= 4 is 0 Å². The minimum absolute atomic E-state index is 0.0278. The molecule has 0 aromatic rings. The third kappa shape index (κ3) is 31.4. The van der Waals surface area contributed by atoms with Gasteiger partial charge in [0.25, 0.3) is 0 Å². The van der Waals surface area contributed by atoms with Crippen LogP contribution < -0.4 is 0 Å². The smallest absolute Gasteiger partial charge is 0.0698 e. The maximum atomic E-state index is 8.66. The molecule has 0 atom stereocenters. The number of rotatable bonds is 19. The summed E-state index contributed by atoms with van der Waals surface area (Å²) in [5.41, 5.74) is 0. The lowest BCUT2D eigenvalue weighted by Gasteiger charge is -1.99. The number of aliphatic hydroxyl groups excluding tert-OH is 3. The maximum absolute atomic E-state index is 8.66. The van der Waals surface area contributed by atoms with Gasteiger partial charge in [0, 0.05) is 6.61 Å². The van der Waals surface area contributed by atoms with E-state index >= 15 is 0 Å². The van der Waals surface area contributed by atoms with Crippen LogP contribution in [-0.2, 0) is 4.74 Å². The van der Waals surface area contributed by atoms with Crippen LogP contribution in [0.1, 0.15) is 96.8 Å². The van der Waals surface area contributed by atoms with Gasteiger partial charge < -0.3 is 20.1 Å². The normalized spacial score (nSPS) is 10.9. The molecule has 0 aromatic carbocycles. The highest BCUT2D eigenvalue weighted by Gasteiger charge is 1.90. The minimum Gasteiger partial charge on any atom is -0.396 e. The van der Waals surface area contributed by atoms with Crippen molar-refractivity contribution in [2.75, 3.05) is 33.0 Å². The highest BCUT2D eigenvalue weighted by atomic mass is 16.5. The standard InChI is InChI=1S/C18H36O.C4H10O3/c1-2-3-4-5-6-7-8-9-10-11-12-13-14-15-16-17-18-19;5-1-3-7-4-2-6/h9-10,19H,2-8,11-18H2,1H3;5-6H,1-4H2/b10-9-;. The van der Waals surface area contributed by atoms with E-state index in [1.807, 2.05) is 0 Å². The summed E-state index contributed by atoms with van der Waals surface area (Å²) in [5.74, 6) is 0. The minimum atomic E-state index is 0.0278. The van der Waals surface area contributed by atoms with Crippen molar-refractivity contribution in [3.63, 3.8) is 0 Å². The van der Waals surface area contributed by atoms with Crippen molar-refractivity contribution in [2.45, 2.75) is 96.8 Å². The molecule has 3 N–H and O–H groups in total. The topological polar surface area (TPSA) is 69.9 Å². The molecule has 0 rings (SSSR count). The SMILES string of the molecule is CCCCCCCC/C=C\CCCCCCCCO.OCCOCCO. The fourth-order valence-corrected chi connectivity index (χ4v) is 2.59. The van der Waals surface area contributed by atoms with Crippen LogP contribution in [0.25, 0.3) is 0 Å². The molecular formula is C22H46O4. The first kappa shape index (κ1) is 27.8. The summed E-state index contributed by atoms with van der Waals surface area (Å²) in [6.07, 6.45) is 23.2. The molecule has 26 heavy (non-hydrogen) atoms. The first-order chi connectivity index (χ1) is 12.8. The molecule has 0 saturated carbocycles. The van der Waals surface area contributed by atoms with Gasteiger partial charge in [-0.3, -0.25) is 0 Å². The zero-order valence-electron chi connectivity index (χ0n) is 17.3. The summed E-state index contributed by atoms with van der Waals surface area (Å²) in [5, 5.41) is 24.8. The lowest BCUT2D eigenvalue weighted by molar-refractivity contribution is 0.0650. The van der Waals surface area contributed by atoms with Crippen LogP contribution in [0.2, 0.25) is 0 Å². The summed E-state index contributed by atoms with van der Waals surface area (Å²) in [4.78, 5) is 0. The largest absolute Gasteiger partial charge is 0.396 e. The van der Waals surface area contributed by atoms with Crippen molar-refractivity contribution < 1.29 is 20.1 Å². The third-order valence-corrected chi connectivity index (χ3v) is 4.14. The average molecular weight is 375 g/mol. The van der Waals surface area contributed by atoms with Crippen LogP contribution in [0.3, 0.4) is 0 Å². The second-order valence-corrected chi connectivity index (χ2v) is 6.72. The van der Waals surface area contributed by atoms with E-state index < -0.39 is 0 Å². The van der Waals surface area contributed by atoms with E-state index in [1.165, 1.54) is 83.5 Å². The fraction of sp³-hybridized carbons (Fsp3) is 0.909. The van der Waals surface area contributed by atoms with Crippen molar-refractivity contribution in [1.29, 1.82) is 0 Å². The Morgan fingerprint density at radius 1 is 0.538 bits per heavy atom. The van der Waals surface area contributed by atoms with Gasteiger partial charge in [0.05, 0.1) is 26.4 Å². The first-order valence-electron chi connectivity index (χ1n) is 10.9. The Hall–Kier alpha value is -0.420. The second kappa shape index (κ2) is 29.3. The molecule has 0 unspecified atom stereocenters. The van der Waals surface area contributed by atoms with E-state index in [-0.39, 0.29) is 13.2 Å². The van der Waals surface area contributed by atoms with Gasteiger partial charge in [0.1, 0.15) is 0 Å². The molecule has 0 spiro atoms. The molecule has 0 bridgehead atoms. The molecular weight excluding hydrogens is 328 g/mol. The maximum Gasteiger partial charge on any atom is 0.0698 e. The zero-order valence-corrected chi connectivity index (χ0v) is 17.3. The van der Waals surface area contributed by atoms with E-state index in [4.69, 9.17) is 15.3 Å². The Morgan fingerprint density at radius 3 is 1.38 bits per heavy atom. The van der Waals surface area contributed by atoms with Crippen LogP contribution >= 0.6 is 0 Å². The van der Waals surface area contributed by atoms with Gasteiger partial charge in [0.15, 0.2) is 0 Å². The van der Waals surface area contributed by atoms with E-state index in [1.54, 1.807) is 0 Å². The third-order valence-electron chi connectivity index (χ3n) is 4.14. The van der Waals surface area contributed by atoms with Gasteiger partial charge >= 0.3 is 0 Å². The highest BCUT2D eigenvalue weighted by Crippen LogP contribution is 2.09. The molecule has 0 aromatic heterocycles. The number of aliphatic hydroxyl groups is 3. The Labute approximate surface area is 162 Å². The van der Waals surface area contributed by atoms with Crippen LogP contribution in [0.4, 0.5) is 0 Å². The monoisotopic (exact) mass is 374 g/mol. The number of allylic oxidation sites excluding steroid dienone is 2. The Bertz CT molecular complexity index is 240. The average Bonchev–Trinajstić information content (AvgIpc) is 2.66. The molecule has 0 aliphatic carbocycles. The van der Waals surface area contributed by atoms with Crippen LogP contribution in [0.5, 0.6) is 0 Å². The number of hydrogen-bond donors (Lipinski definition) is 3. The molecule has 4 heteroatoms. The Balaban J connectivity index is 0. The number of unbranched alkanes of at least 4 members (excludes halogenated alkanes) is 12. The van der Waals surface area contributed by atoms with Gasteiger partial charge in [-0.25, -0.2) is 0 Å². The molecule has 0 amide bonds. The predicted molar refractivity (Wildman–Crippen MR) is 112 cm³/mol. The molecule has 0 heterocycles. The fourth-order valence-electron chi connectivity index (χ4n) is 2.59. The summed E-state index contributed by atoms with van der Waals surface area (Å²) >= 11 is 0. The number of hydrogen-bond acceptors (Lipinski definition) is 4. The van der Waals surface area contributed by atoms with Crippen molar-refractivity contribution in [3.05, 3.63) is 12.2 Å². The summed E-state index contributed by atoms with van der Waals surface area (Å²) in [7, 11) is 0. The molecule has 158 valence electrons. The first-order valence-corrected chi connectivity index (χ1v) is 10.9. The van der Waals surface area contributed by atoms with Crippen molar-refractivity contribution in [2.24, 2.45) is 0 Å². The van der Waals surface area contributed by atoms with Crippen molar-refractivity contribution in [3.8, 4) is 0 Å². The second-order valence-electron chi connectivity index (χ2n) is 6.72. The highest BCUT2D eigenvalue weighted by molar-refractivity contribution is 4.81. The Kier molecular flexibility index (Phi) is 31.4. The van der Waals surface area contributed by atoms with Gasteiger partial charge in [-0.1, -0.05) is 76.9 Å². The lowest BCUT2D eigenvalue weighted by Crippen LogP contribution is -2.03. The molecule has 0 radical (unpaired) electrons. The van der Waals surface area contributed by atoms with E-state index in [9.17, 15) is 0 Å². The van der Waals surface area contributed by atoms with Crippen LogP contribution in [0.15, 0.2) is 12.2 Å². The van der Waals surface area contributed by atoms with Crippen molar-refractivity contribution in [1.82, 2.24) is 0 Å². The summed E-state index contributed by atoms with van der Waals surface area (Å²) in [6, 6.07) is 0. The van der Waals surface area contributed by atoms with Gasteiger partial charge in [-0.15, -0.1) is 0 Å². The summed E-state index contributed by atoms with van der Waals surface area (Å²) in [6.45, 7) is 3.33. The Morgan fingerprint density at radius 2 is 0.962 bits per heavy atom. The number of ether oxygens (including phenoxy) is 1. The van der Waals surface area contributed by atoms with E-state index in [0.717, 1.165) is 6.42 Å². The predicted octanol–water partition coefficient (Wildman–Crippen LogP) is 5.00. The van der Waals surface area contributed by atoms with E-state index in [0.29, 0.717) is 19.8 Å². The quantitative estimate of drug-likeness (QED) is 0.220. The van der Waals surface area contributed by atoms with Gasteiger partial charge in [-0.2, -0.15) is 0 Å². The molecule has 4 nitrogen and oxygen atoms in total. The molecule has 0 aliphatic rings.